The predicted octanol–water partition coefficient (Wildman–Crippen LogP) is 2.10. The highest BCUT2D eigenvalue weighted by atomic mass is 16.5. The lowest BCUT2D eigenvalue weighted by Gasteiger charge is -2.23. The number of amides is 2. The third-order valence-electron chi connectivity index (χ3n) is 4.97. The minimum absolute atomic E-state index is 0.0162. The second-order valence-electron chi connectivity index (χ2n) is 6.99. The molecule has 7 nitrogen and oxygen atoms in total. The summed E-state index contributed by atoms with van der Waals surface area (Å²) < 4.78 is 7.42. The summed E-state index contributed by atoms with van der Waals surface area (Å²) in [5, 5.41) is 17.0. The zero-order valence-electron chi connectivity index (χ0n) is 17.2. The number of rotatable bonds is 9. The van der Waals surface area contributed by atoms with E-state index in [2.05, 4.69) is 10.6 Å². The number of para-hydroxylation sites is 1. The number of carbonyl (C=O) groups excluding carboxylic acids is 2. The summed E-state index contributed by atoms with van der Waals surface area (Å²) in [5.74, 6) is -0.525. The van der Waals surface area contributed by atoms with Gasteiger partial charge in [0.15, 0.2) is 0 Å². The molecule has 0 spiro atoms. The molecule has 1 heterocycles. The number of benzene rings is 2. The predicted molar refractivity (Wildman–Crippen MR) is 115 cm³/mol. The normalized spacial score (nSPS) is 13.0. The first-order valence-electron chi connectivity index (χ1n) is 9.96. The van der Waals surface area contributed by atoms with Crippen molar-refractivity contribution in [2.75, 3.05) is 19.7 Å². The molecule has 0 saturated heterocycles. The first-order chi connectivity index (χ1) is 14.5. The number of carbonyl (C=O) groups is 2. The Hall–Kier alpha value is -3.16. The van der Waals surface area contributed by atoms with Crippen LogP contribution in [0.3, 0.4) is 0 Å². The van der Waals surface area contributed by atoms with Crippen molar-refractivity contribution in [3.8, 4) is 0 Å². The average Bonchev–Trinajstić information content (AvgIpc) is 3.12. The molecule has 0 aliphatic rings. The molecule has 0 radical (unpaired) electrons. The van der Waals surface area contributed by atoms with Crippen molar-refractivity contribution in [3.05, 3.63) is 71.9 Å². The van der Waals surface area contributed by atoms with Gasteiger partial charge in [0.2, 0.25) is 0 Å². The SMILES string of the molecule is CCO[C@H](CNC(=O)c1cc2ccccc2n1C)[C@@H](O)CNC(=O)c1ccccc1. The van der Waals surface area contributed by atoms with Crippen molar-refractivity contribution in [2.24, 2.45) is 7.05 Å². The Morgan fingerprint density at radius 2 is 1.67 bits per heavy atom. The molecule has 3 rings (SSSR count). The van der Waals surface area contributed by atoms with Crippen LogP contribution in [-0.2, 0) is 11.8 Å². The molecule has 158 valence electrons. The Morgan fingerprint density at radius 1 is 1.00 bits per heavy atom. The van der Waals surface area contributed by atoms with Gasteiger partial charge in [0.1, 0.15) is 11.8 Å². The largest absolute Gasteiger partial charge is 0.388 e. The summed E-state index contributed by atoms with van der Waals surface area (Å²) >= 11 is 0. The molecule has 0 fully saturated rings. The van der Waals surface area contributed by atoms with Crippen molar-refractivity contribution in [3.63, 3.8) is 0 Å². The smallest absolute Gasteiger partial charge is 0.268 e. The van der Waals surface area contributed by atoms with E-state index in [0.717, 1.165) is 10.9 Å². The lowest BCUT2D eigenvalue weighted by molar-refractivity contribution is -0.0287. The van der Waals surface area contributed by atoms with Gasteiger partial charge in [0.25, 0.3) is 11.8 Å². The maximum absolute atomic E-state index is 12.7. The standard InChI is InChI=1S/C23H27N3O4/c1-3-30-21(20(27)14-24-22(28)16-9-5-4-6-10-16)15-25-23(29)19-13-17-11-7-8-12-18(17)26(19)2/h4-13,20-21,27H,3,14-15H2,1-2H3,(H,24,28)(H,25,29)/t20-,21+/m0/s1. The van der Waals surface area contributed by atoms with E-state index in [1.807, 2.05) is 54.9 Å². The fourth-order valence-corrected chi connectivity index (χ4v) is 3.33. The number of nitrogens with one attached hydrogen (secondary N) is 2. The van der Waals surface area contributed by atoms with E-state index >= 15 is 0 Å². The number of aliphatic hydroxyl groups excluding tert-OH is 1. The van der Waals surface area contributed by atoms with E-state index in [9.17, 15) is 14.7 Å². The van der Waals surface area contributed by atoms with Gasteiger partial charge in [-0.1, -0.05) is 36.4 Å². The van der Waals surface area contributed by atoms with Gasteiger partial charge in [0, 0.05) is 43.2 Å². The molecular formula is C23H27N3O4. The van der Waals surface area contributed by atoms with Crippen LogP contribution < -0.4 is 10.6 Å². The van der Waals surface area contributed by atoms with Gasteiger partial charge in [0.05, 0.1) is 6.10 Å². The molecule has 2 amide bonds. The van der Waals surface area contributed by atoms with E-state index in [0.29, 0.717) is 17.9 Å². The summed E-state index contributed by atoms with van der Waals surface area (Å²) in [6.07, 6.45) is -1.62. The van der Waals surface area contributed by atoms with E-state index in [1.165, 1.54) is 0 Å². The van der Waals surface area contributed by atoms with Crippen LogP contribution in [0, 0.1) is 0 Å². The minimum Gasteiger partial charge on any atom is -0.388 e. The molecule has 0 unspecified atom stereocenters. The maximum atomic E-state index is 12.7. The molecule has 30 heavy (non-hydrogen) atoms. The first-order valence-corrected chi connectivity index (χ1v) is 9.96. The molecule has 2 aromatic carbocycles. The van der Waals surface area contributed by atoms with Gasteiger partial charge in [-0.2, -0.15) is 0 Å². The van der Waals surface area contributed by atoms with Gasteiger partial charge in [-0.15, -0.1) is 0 Å². The molecule has 0 bridgehead atoms. The fourth-order valence-electron chi connectivity index (χ4n) is 3.33. The second kappa shape index (κ2) is 10.0. The molecule has 0 saturated carbocycles. The van der Waals surface area contributed by atoms with E-state index in [-0.39, 0.29) is 24.9 Å². The third kappa shape index (κ3) is 5.06. The van der Waals surface area contributed by atoms with Crippen LogP contribution in [0.25, 0.3) is 10.9 Å². The zero-order chi connectivity index (χ0) is 21.5. The Labute approximate surface area is 175 Å². The highest BCUT2D eigenvalue weighted by Gasteiger charge is 2.22. The number of aliphatic hydroxyl groups is 1. The van der Waals surface area contributed by atoms with Crippen molar-refractivity contribution in [1.82, 2.24) is 15.2 Å². The number of ether oxygens (including phenoxy) is 1. The molecule has 0 aliphatic heterocycles. The van der Waals surface area contributed by atoms with Gasteiger partial charge in [-0.05, 0) is 31.2 Å². The maximum Gasteiger partial charge on any atom is 0.268 e. The van der Waals surface area contributed by atoms with Crippen molar-refractivity contribution in [1.29, 1.82) is 0 Å². The van der Waals surface area contributed by atoms with Gasteiger partial charge >= 0.3 is 0 Å². The number of aryl methyl sites for hydroxylation is 1. The average molecular weight is 409 g/mol. The quantitative estimate of drug-likeness (QED) is 0.505. The number of fused-ring (bicyclic) bond motifs is 1. The van der Waals surface area contributed by atoms with Crippen LogP contribution in [-0.4, -0.2) is 53.4 Å². The summed E-state index contributed by atoms with van der Waals surface area (Å²) in [5.41, 5.74) is 2.01. The van der Waals surface area contributed by atoms with Crippen LogP contribution in [0.2, 0.25) is 0 Å². The second-order valence-corrected chi connectivity index (χ2v) is 6.99. The number of nitrogens with zero attached hydrogens (tertiary/aromatic N) is 1. The van der Waals surface area contributed by atoms with Crippen LogP contribution in [0.4, 0.5) is 0 Å². The fraction of sp³-hybridized carbons (Fsp3) is 0.304. The highest BCUT2D eigenvalue weighted by molar-refractivity contribution is 5.98. The summed E-state index contributed by atoms with van der Waals surface area (Å²) in [7, 11) is 1.84. The van der Waals surface area contributed by atoms with Crippen LogP contribution in [0.5, 0.6) is 0 Å². The Morgan fingerprint density at radius 3 is 2.37 bits per heavy atom. The summed E-state index contributed by atoms with van der Waals surface area (Å²) in [6, 6.07) is 18.4. The lowest BCUT2D eigenvalue weighted by Crippen LogP contribution is -2.46. The van der Waals surface area contributed by atoms with E-state index in [1.54, 1.807) is 24.3 Å². The zero-order valence-corrected chi connectivity index (χ0v) is 17.2. The molecular weight excluding hydrogens is 382 g/mol. The van der Waals surface area contributed by atoms with Gasteiger partial charge < -0.3 is 25.0 Å². The van der Waals surface area contributed by atoms with Crippen molar-refractivity contribution >= 4 is 22.7 Å². The van der Waals surface area contributed by atoms with E-state index in [4.69, 9.17) is 4.74 Å². The number of aromatic nitrogens is 1. The first kappa shape index (κ1) is 21.5. The van der Waals surface area contributed by atoms with Gasteiger partial charge in [-0.3, -0.25) is 9.59 Å². The topological polar surface area (TPSA) is 92.6 Å². The number of hydrogen-bond acceptors (Lipinski definition) is 4. The van der Waals surface area contributed by atoms with Crippen LogP contribution in [0.1, 0.15) is 27.8 Å². The lowest BCUT2D eigenvalue weighted by atomic mass is 10.1. The highest BCUT2D eigenvalue weighted by Crippen LogP contribution is 2.18. The van der Waals surface area contributed by atoms with Crippen molar-refractivity contribution < 1.29 is 19.4 Å². The third-order valence-corrected chi connectivity index (χ3v) is 4.97. The molecule has 1 aromatic heterocycles. The van der Waals surface area contributed by atoms with Crippen LogP contribution in [0.15, 0.2) is 60.7 Å². The Balaban J connectivity index is 1.58. The monoisotopic (exact) mass is 409 g/mol. The summed E-state index contributed by atoms with van der Waals surface area (Å²) in [6.45, 7) is 2.32. The Bertz CT molecular complexity index is 1000. The summed E-state index contributed by atoms with van der Waals surface area (Å²) in [4.78, 5) is 24.8. The molecule has 3 aromatic rings. The Kier molecular flexibility index (Phi) is 7.21. The van der Waals surface area contributed by atoms with Crippen molar-refractivity contribution in [2.45, 2.75) is 19.1 Å². The minimum atomic E-state index is -0.967. The van der Waals surface area contributed by atoms with Gasteiger partial charge in [-0.25, -0.2) is 0 Å². The molecule has 0 aliphatic carbocycles. The molecule has 7 heteroatoms. The van der Waals surface area contributed by atoms with Crippen LogP contribution >= 0.6 is 0 Å². The molecule has 3 N–H and O–H groups in total. The molecule has 2 atom stereocenters. The number of hydrogen-bond donors (Lipinski definition) is 3. The van der Waals surface area contributed by atoms with E-state index < -0.39 is 12.2 Å².